The van der Waals surface area contributed by atoms with Crippen LogP contribution >= 0.6 is 0 Å². The number of rotatable bonds is 4. The lowest BCUT2D eigenvalue weighted by atomic mass is 9.96. The first-order chi connectivity index (χ1) is 16.7. The molecular weight excluding hydrogens is 452 g/mol. The average Bonchev–Trinajstić information content (AvgIpc) is 3.42. The van der Waals surface area contributed by atoms with Crippen molar-refractivity contribution in [2.45, 2.75) is 81.1 Å². The summed E-state index contributed by atoms with van der Waals surface area (Å²) in [4.78, 5) is 39.0. The summed E-state index contributed by atoms with van der Waals surface area (Å²) in [5.41, 5.74) is 21.6. The summed E-state index contributed by atoms with van der Waals surface area (Å²) in [5.74, 6) is 1.77. The largest absolute Gasteiger partial charge is 0.366 e. The van der Waals surface area contributed by atoms with Crippen molar-refractivity contribution < 1.29 is 9.59 Å². The summed E-state index contributed by atoms with van der Waals surface area (Å²) in [6, 6.07) is 0. The minimum atomic E-state index is -0.385. The predicted octanol–water partition coefficient (Wildman–Crippen LogP) is 5.42. The molecule has 6 N–H and O–H groups in total. The summed E-state index contributed by atoms with van der Waals surface area (Å²) in [6.07, 6.45) is 0. The summed E-state index contributed by atoms with van der Waals surface area (Å²) in [6.45, 7) is 20.0. The zero-order valence-electron chi connectivity index (χ0n) is 23.0. The first kappa shape index (κ1) is 26.9. The quantitative estimate of drug-likeness (QED) is 0.303. The fraction of sp³-hybridized carbons (Fsp3) is 0.429. The molecule has 192 valence electrons. The van der Waals surface area contributed by atoms with Crippen LogP contribution < -0.4 is 11.5 Å². The molecule has 2 heterocycles. The highest BCUT2D eigenvalue weighted by molar-refractivity contribution is 6.02. The number of nitrogens with zero attached hydrogens (tertiary/aromatic N) is 2. The van der Waals surface area contributed by atoms with E-state index in [-0.39, 0.29) is 11.8 Å². The number of carbonyl (C=O) groups is 2. The van der Waals surface area contributed by atoms with Crippen molar-refractivity contribution >= 4 is 33.9 Å². The van der Waals surface area contributed by atoms with Gasteiger partial charge in [-0.1, -0.05) is 27.7 Å². The molecule has 2 amide bonds. The fourth-order valence-corrected chi connectivity index (χ4v) is 4.70. The number of hydrogen-bond acceptors (Lipinski definition) is 4. The Morgan fingerprint density at radius 1 is 0.583 bits per heavy atom. The summed E-state index contributed by atoms with van der Waals surface area (Å²) >= 11 is 0. The van der Waals surface area contributed by atoms with Crippen LogP contribution in [0.4, 0.5) is 0 Å². The van der Waals surface area contributed by atoms with Crippen molar-refractivity contribution in [3.05, 3.63) is 56.2 Å². The van der Waals surface area contributed by atoms with Crippen LogP contribution in [0.5, 0.6) is 0 Å². The monoisotopic (exact) mass is 490 g/mol. The van der Waals surface area contributed by atoms with Gasteiger partial charge < -0.3 is 21.4 Å². The third-order valence-corrected chi connectivity index (χ3v) is 7.12. The number of hydrogen-bond donors (Lipinski definition) is 4. The minimum Gasteiger partial charge on any atom is -0.366 e. The maximum atomic E-state index is 11.6. The molecule has 2 aromatic heterocycles. The van der Waals surface area contributed by atoms with E-state index < -0.39 is 0 Å². The molecule has 8 heteroatoms. The molecule has 0 saturated heterocycles. The van der Waals surface area contributed by atoms with Gasteiger partial charge in [0.05, 0.1) is 22.1 Å². The number of aryl methyl sites for hydroxylation is 4. The molecule has 0 atom stereocenters. The van der Waals surface area contributed by atoms with Gasteiger partial charge in [-0.05, 0) is 74.9 Å². The van der Waals surface area contributed by atoms with Gasteiger partial charge in [0.15, 0.2) is 0 Å². The van der Waals surface area contributed by atoms with Gasteiger partial charge in [-0.3, -0.25) is 9.59 Å². The van der Waals surface area contributed by atoms with Gasteiger partial charge in [-0.15, -0.1) is 0 Å². The number of carbonyl (C=O) groups excluding carboxylic acids is 2. The van der Waals surface area contributed by atoms with Gasteiger partial charge in [0.25, 0.3) is 0 Å². The number of fused-ring (bicyclic) bond motifs is 2. The van der Waals surface area contributed by atoms with Crippen molar-refractivity contribution in [2.24, 2.45) is 11.5 Å². The number of benzene rings is 2. The molecule has 0 aliphatic rings. The topological polar surface area (TPSA) is 144 Å². The molecular formula is C28H38N6O2. The number of H-pyrrole nitrogens is 2. The smallest absolute Gasteiger partial charge is 0.249 e. The highest BCUT2D eigenvalue weighted by Crippen LogP contribution is 2.30. The molecule has 2 aromatic carbocycles. The van der Waals surface area contributed by atoms with Crippen LogP contribution in [-0.4, -0.2) is 31.8 Å². The number of primary amides is 2. The van der Waals surface area contributed by atoms with Crippen molar-refractivity contribution in [1.82, 2.24) is 19.9 Å². The second-order valence-corrected chi connectivity index (χ2v) is 10.2. The molecule has 0 unspecified atom stereocenters. The molecule has 4 rings (SSSR count). The van der Waals surface area contributed by atoms with Gasteiger partial charge in [-0.25, -0.2) is 9.97 Å². The second kappa shape index (κ2) is 9.76. The van der Waals surface area contributed by atoms with E-state index in [0.29, 0.717) is 23.0 Å². The number of amides is 2. The molecule has 0 saturated carbocycles. The van der Waals surface area contributed by atoms with Gasteiger partial charge in [0.1, 0.15) is 11.6 Å². The number of aromatic amines is 2. The maximum absolute atomic E-state index is 11.6. The van der Waals surface area contributed by atoms with E-state index in [1.165, 1.54) is 0 Å². The first-order valence-corrected chi connectivity index (χ1v) is 12.3. The van der Waals surface area contributed by atoms with Gasteiger partial charge in [0, 0.05) is 23.0 Å². The third kappa shape index (κ3) is 4.47. The van der Waals surface area contributed by atoms with E-state index in [2.05, 4.69) is 47.6 Å². The standard InChI is InChI=1S/2C14H19N3O/c2*1-6(2)14-16-11-8(4)7(3)10(13(15)18)9(5)12(11)17-14/h2*6H,1-5H3,(H2,15,18)(H,16,17). The maximum Gasteiger partial charge on any atom is 0.249 e. The Morgan fingerprint density at radius 3 is 1.14 bits per heavy atom. The van der Waals surface area contributed by atoms with E-state index in [0.717, 1.165) is 67.1 Å². The van der Waals surface area contributed by atoms with E-state index in [9.17, 15) is 9.59 Å². The molecule has 0 radical (unpaired) electrons. The van der Waals surface area contributed by atoms with E-state index in [1.54, 1.807) is 0 Å². The zero-order chi connectivity index (χ0) is 27.2. The summed E-state index contributed by atoms with van der Waals surface area (Å²) in [5, 5.41) is 0. The lowest BCUT2D eigenvalue weighted by Crippen LogP contribution is -2.15. The van der Waals surface area contributed by atoms with Crippen molar-refractivity contribution in [1.29, 1.82) is 0 Å². The molecule has 8 nitrogen and oxygen atoms in total. The highest BCUT2D eigenvalue weighted by atomic mass is 16.1. The number of aromatic nitrogens is 4. The van der Waals surface area contributed by atoms with Crippen LogP contribution in [0.2, 0.25) is 0 Å². The van der Waals surface area contributed by atoms with Gasteiger partial charge in [-0.2, -0.15) is 0 Å². The Kier molecular flexibility index (Phi) is 7.30. The Bertz CT molecular complexity index is 1390. The molecule has 0 aliphatic heterocycles. The number of imidazole rings is 2. The molecule has 0 spiro atoms. The van der Waals surface area contributed by atoms with Crippen LogP contribution in [-0.2, 0) is 0 Å². The van der Waals surface area contributed by atoms with Crippen LogP contribution in [0, 0.1) is 41.5 Å². The van der Waals surface area contributed by atoms with Crippen LogP contribution in [0.25, 0.3) is 22.1 Å². The highest BCUT2D eigenvalue weighted by Gasteiger charge is 2.20. The van der Waals surface area contributed by atoms with Crippen LogP contribution in [0.15, 0.2) is 0 Å². The predicted molar refractivity (Wildman–Crippen MR) is 146 cm³/mol. The van der Waals surface area contributed by atoms with E-state index in [4.69, 9.17) is 11.5 Å². The van der Waals surface area contributed by atoms with Crippen LogP contribution in [0.3, 0.4) is 0 Å². The summed E-state index contributed by atoms with van der Waals surface area (Å²) < 4.78 is 0. The average molecular weight is 491 g/mol. The Balaban J connectivity index is 0.000000201. The molecule has 4 aromatic rings. The molecule has 0 fully saturated rings. The minimum absolute atomic E-state index is 0.327. The molecule has 0 bridgehead atoms. The number of nitrogens with two attached hydrogens (primary N) is 2. The van der Waals surface area contributed by atoms with Crippen LogP contribution in [0.1, 0.15) is 105 Å². The van der Waals surface area contributed by atoms with Gasteiger partial charge >= 0.3 is 0 Å². The SMILES string of the molecule is Cc1c(C(N)=O)c(C)c2nc(C(C)C)[nH]c2c1C.Cc1c(C(N)=O)c(C)c2nc(C(C)C)[nH]c2c1C. The lowest BCUT2D eigenvalue weighted by molar-refractivity contribution is 0.0990. The van der Waals surface area contributed by atoms with E-state index in [1.807, 2.05) is 41.5 Å². The normalized spacial score (nSPS) is 11.4. The molecule has 0 aliphatic carbocycles. The number of nitrogens with one attached hydrogen (secondary N) is 2. The Labute approximate surface area is 212 Å². The zero-order valence-corrected chi connectivity index (χ0v) is 23.0. The van der Waals surface area contributed by atoms with E-state index >= 15 is 0 Å². The van der Waals surface area contributed by atoms with Crippen molar-refractivity contribution in [2.75, 3.05) is 0 Å². The fourth-order valence-electron chi connectivity index (χ4n) is 4.70. The Hall–Kier alpha value is -3.68. The molecule has 36 heavy (non-hydrogen) atoms. The third-order valence-electron chi connectivity index (χ3n) is 7.12. The second-order valence-electron chi connectivity index (χ2n) is 10.2. The van der Waals surface area contributed by atoms with Crippen molar-refractivity contribution in [3.8, 4) is 0 Å². The Morgan fingerprint density at radius 2 is 0.889 bits per heavy atom. The lowest BCUT2D eigenvalue weighted by Gasteiger charge is -2.10. The summed E-state index contributed by atoms with van der Waals surface area (Å²) in [7, 11) is 0. The first-order valence-electron chi connectivity index (χ1n) is 12.3. The van der Waals surface area contributed by atoms with Gasteiger partial charge in [0.2, 0.25) is 11.8 Å². The van der Waals surface area contributed by atoms with Crippen molar-refractivity contribution in [3.63, 3.8) is 0 Å².